The summed E-state index contributed by atoms with van der Waals surface area (Å²) in [6.07, 6.45) is 3.45. The van der Waals surface area contributed by atoms with Crippen molar-refractivity contribution in [2.75, 3.05) is 28.4 Å². The Bertz CT molecular complexity index is 1010. The molecule has 3 aromatic rings. The first-order valence-electron chi connectivity index (χ1n) is 8.92. The second-order valence-electron chi connectivity index (χ2n) is 6.18. The summed E-state index contributed by atoms with van der Waals surface area (Å²) in [4.78, 5) is 17.1. The molecule has 0 aliphatic carbocycles. The van der Waals surface area contributed by atoms with Gasteiger partial charge in [-0.05, 0) is 41.4 Å². The maximum atomic E-state index is 12.6. The van der Waals surface area contributed by atoms with Gasteiger partial charge in [0.25, 0.3) is 6.33 Å². The normalized spacial score (nSPS) is 10.0. The molecule has 0 aliphatic rings. The van der Waals surface area contributed by atoms with Gasteiger partial charge >= 0.3 is 0 Å². The van der Waals surface area contributed by atoms with E-state index in [1.807, 2.05) is 30.5 Å². The van der Waals surface area contributed by atoms with Gasteiger partial charge < -0.3 is 35.9 Å². The number of halogens is 1. The number of Topliss-reactive ketones (excluding diaryl/α,β-unsaturated/α-hetero) is 1. The van der Waals surface area contributed by atoms with Crippen LogP contribution in [0.1, 0.15) is 10.4 Å². The van der Waals surface area contributed by atoms with Gasteiger partial charge in [0, 0.05) is 17.2 Å². The lowest BCUT2D eigenvalue weighted by molar-refractivity contribution is -0.686. The van der Waals surface area contributed by atoms with Crippen LogP contribution in [-0.2, 0) is 6.54 Å². The highest BCUT2D eigenvalue weighted by molar-refractivity contribution is 5.95. The Morgan fingerprint density at radius 1 is 0.833 bits per heavy atom. The molecule has 1 aromatic heterocycles. The Morgan fingerprint density at radius 2 is 1.43 bits per heavy atom. The first-order chi connectivity index (χ1) is 14.1. The zero-order chi connectivity index (χ0) is 20.8. The van der Waals surface area contributed by atoms with Crippen molar-refractivity contribution in [2.45, 2.75) is 6.54 Å². The van der Waals surface area contributed by atoms with E-state index in [9.17, 15) is 4.79 Å². The topological polar surface area (TPSA) is 70.8 Å². The summed E-state index contributed by atoms with van der Waals surface area (Å²) in [5.74, 6) is 2.33. The van der Waals surface area contributed by atoms with Gasteiger partial charge in [0.05, 0.1) is 34.6 Å². The zero-order valence-electron chi connectivity index (χ0n) is 17.2. The number of benzene rings is 2. The minimum absolute atomic E-state index is 0. The van der Waals surface area contributed by atoms with Crippen LogP contribution >= 0.6 is 0 Å². The molecule has 8 heteroatoms. The predicted molar refractivity (Wildman–Crippen MR) is 107 cm³/mol. The monoisotopic (exact) mass is 474 g/mol. The third kappa shape index (κ3) is 5.07. The van der Waals surface area contributed by atoms with Crippen LogP contribution < -0.4 is 40.5 Å². The molecule has 0 fully saturated rings. The van der Waals surface area contributed by atoms with E-state index >= 15 is 0 Å². The Morgan fingerprint density at radius 3 is 2.00 bits per heavy atom. The quantitative estimate of drug-likeness (QED) is 0.337. The third-order valence-corrected chi connectivity index (χ3v) is 4.48. The maximum Gasteiger partial charge on any atom is 0.287 e. The van der Waals surface area contributed by atoms with Crippen molar-refractivity contribution >= 4 is 5.78 Å². The van der Waals surface area contributed by atoms with Crippen LogP contribution in [0.5, 0.6) is 23.0 Å². The number of nitrogens with zero attached hydrogens (tertiary/aromatic N) is 2. The molecule has 7 nitrogen and oxygen atoms in total. The standard InChI is InChI=1S/C22H23N2O5.BrH/c1-26-19-7-5-15(11-21(19)28-3)17-9-10-24(14-23-17)13-18(25)16-6-8-20(27-2)22(12-16)29-4;/h5-12,14H,13H2,1-4H3;1H/q+1;/p-1. The van der Waals surface area contributed by atoms with Gasteiger partial charge in [-0.3, -0.25) is 4.79 Å². The van der Waals surface area contributed by atoms with Crippen LogP contribution in [0.4, 0.5) is 0 Å². The van der Waals surface area contributed by atoms with Crippen LogP contribution in [-0.4, -0.2) is 39.2 Å². The van der Waals surface area contributed by atoms with Gasteiger partial charge in [-0.15, -0.1) is 0 Å². The summed E-state index contributed by atoms with van der Waals surface area (Å²) < 4.78 is 22.8. The van der Waals surface area contributed by atoms with Crippen molar-refractivity contribution in [3.05, 3.63) is 60.6 Å². The molecule has 0 unspecified atom stereocenters. The minimum Gasteiger partial charge on any atom is -1.00 e. The van der Waals surface area contributed by atoms with Gasteiger partial charge in [-0.2, -0.15) is 0 Å². The van der Waals surface area contributed by atoms with Gasteiger partial charge in [0.15, 0.2) is 35.2 Å². The van der Waals surface area contributed by atoms with Crippen LogP contribution in [0.25, 0.3) is 11.3 Å². The molecule has 0 saturated heterocycles. The minimum atomic E-state index is -0.0587. The van der Waals surface area contributed by atoms with Crippen molar-refractivity contribution in [1.82, 2.24) is 4.98 Å². The summed E-state index contributed by atoms with van der Waals surface area (Å²) in [5.41, 5.74) is 2.20. The Balaban J connectivity index is 0.00000320. The van der Waals surface area contributed by atoms with Crippen molar-refractivity contribution in [3.63, 3.8) is 0 Å². The van der Waals surface area contributed by atoms with Crippen molar-refractivity contribution < 1.29 is 45.3 Å². The average Bonchev–Trinajstić information content (AvgIpc) is 2.78. The molecule has 0 bridgehead atoms. The number of ketones is 1. The van der Waals surface area contributed by atoms with Crippen molar-refractivity contribution in [2.24, 2.45) is 0 Å². The fourth-order valence-electron chi connectivity index (χ4n) is 2.91. The Kier molecular flexibility index (Phi) is 8.17. The molecule has 0 N–H and O–H groups in total. The summed E-state index contributed by atoms with van der Waals surface area (Å²) >= 11 is 0. The average molecular weight is 475 g/mol. The number of carbonyl (C=O) groups is 1. The summed E-state index contributed by atoms with van der Waals surface area (Å²) in [6.45, 7) is 0.161. The highest BCUT2D eigenvalue weighted by Crippen LogP contribution is 2.31. The molecule has 0 spiro atoms. The van der Waals surface area contributed by atoms with E-state index in [1.54, 1.807) is 50.4 Å². The maximum absolute atomic E-state index is 12.6. The number of aromatic nitrogens is 2. The zero-order valence-corrected chi connectivity index (χ0v) is 18.8. The van der Waals surface area contributed by atoms with E-state index in [1.165, 1.54) is 7.11 Å². The second-order valence-corrected chi connectivity index (χ2v) is 6.18. The number of rotatable bonds is 8. The Hall–Kier alpha value is -3.13. The van der Waals surface area contributed by atoms with E-state index in [0.29, 0.717) is 28.6 Å². The fraction of sp³-hybridized carbons (Fsp3) is 0.227. The summed E-state index contributed by atoms with van der Waals surface area (Å²) in [5, 5.41) is 0. The molecular weight excluding hydrogens is 452 g/mol. The van der Waals surface area contributed by atoms with Gasteiger partial charge in [-0.1, -0.05) is 0 Å². The lowest BCUT2D eigenvalue weighted by atomic mass is 10.1. The smallest absolute Gasteiger partial charge is 0.287 e. The molecule has 0 saturated carbocycles. The van der Waals surface area contributed by atoms with E-state index in [-0.39, 0.29) is 29.3 Å². The number of hydrogen-bond donors (Lipinski definition) is 0. The molecule has 3 rings (SSSR count). The first kappa shape index (κ1) is 23.2. The Labute approximate surface area is 186 Å². The van der Waals surface area contributed by atoms with Crippen LogP contribution in [0.3, 0.4) is 0 Å². The van der Waals surface area contributed by atoms with Crippen molar-refractivity contribution in [1.29, 1.82) is 0 Å². The lowest BCUT2D eigenvalue weighted by Gasteiger charge is -2.09. The van der Waals surface area contributed by atoms with Crippen molar-refractivity contribution in [3.8, 4) is 34.3 Å². The van der Waals surface area contributed by atoms with E-state index in [0.717, 1.165) is 11.3 Å². The lowest BCUT2D eigenvalue weighted by Crippen LogP contribution is -3.00. The fourth-order valence-corrected chi connectivity index (χ4v) is 2.91. The van der Waals surface area contributed by atoms with Gasteiger partial charge in [0.1, 0.15) is 0 Å². The summed E-state index contributed by atoms with van der Waals surface area (Å²) in [7, 11) is 6.28. The number of hydrogen-bond acceptors (Lipinski definition) is 6. The number of carbonyl (C=O) groups excluding carboxylic acids is 1. The van der Waals surface area contributed by atoms with Crippen LogP contribution in [0, 0.1) is 0 Å². The largest absolute Gasteiger partial charge is 1.00 e. The first-order valence-corrected chi connectivity index (χ1v) is 8.92. The predicted octanol–water partition coefficient (Wildman–Crippen LogP) is -0.0426. The highest BCUT2D eigenvalue weighted by atomic mass is 79.9. The molecule has 0 amide bonds. The molecule has 1 heterocycles. The summed E-state index contributed by atoms with van der Waals surface area (Å²) in [6, 6.07) is 12.6. The van der Waals surface area contributed by atoms with Crippen LogP contribution in [0.15, 0.2) is 55.0 Å². The van der Waals surface area contributed by atoms with E-state index in [2.05, 4.69) is 4.98 Å². The molecule has 0 aliphatic heterocycles. The molecule has 0 atom stereocenters. The number of methoxy groups -OCH3 is 4. The van der Waals surface area contributed by atoms with E-state index in [4.69, 9.17) is 18.9 Å². The second kappa shape index (κ2) is 10.6. The number of ether oxygens (including phenoxy) is 4. The van der Waals surface area contributed by atoms with Gasteiger partial charge in [0.2, 0.25) is 5.78 Å². The molecular formula is C22H23BrN2O5. The van der Waals surface area contributed by atoms with Gasteiger partial charge in [-0.25, -0.2) is 4.57 Å². The molecule has 30 heavy (non-hydrogen) atoms. The molecule has 0 radical (unpaired) electrons. The van der Waals surface area contributed by atoms with E-state index < -0.39 is 0 Å². The SMILES string of the molecule is COc1ccc(C(=O)C[n+]2ccc(-c3ccc(OC)c(OC)c3)nc2)cc1OC.[Br-]. The molecule has 158 valence electrons. The highest BCUT2D eigenvalue weighted by Gasteiger charge is 2.15. The third-order valence-electron chi connectivity index (χ3n) is 4.48. The molecule has 2 aromatic carbocycles. The van der Waals surface area contributed by atoms with Crippen LogP contribution in [0.2, 0.25) is 0 Å².